The summed E-state index contributed by atoms with van der Waals surface area (Å²) in [4.78, 5) is 24.2. The molecule has 13 atom stereocenters. The van der Waals surface area contributed by atoms with Crippen molar-refractivity contribution in [2.24, 2.45) is 34.5 Å². The molecule has 4 saturated carbocycles. The summed E-state index contributed by atoms with van der Waals surface area (Å²) in [6, 6.07) is 0. The fourth-order valence-electron chi connectivity index (χ4n) is 10.4. The lowest BCUT2D eigenvalue weighted by Gasteiger charge is -2.63. The number of ether oxygens (including phenoxy) is 5. The van der Waals surface area contributed by atoms with Gasteiger partial charge in [0.2, 0.25) is 0 Å². The van der Waals surface area contributed by atoms with Crippen molar-refractivity contribution >= 4 is 11.9 Å². The van der Waals surface area contributed by atoms with Crippen molar-refractivity contribution in [3.05, 3.63) is 11.6 Å². The molecule has 1 saturated heterocycles. The third kappa shape index (κ3) is 4.69. The maximum absolute atomic E-state index is 12.7. The molecule has 0 aromatic carbocycles. The van der Waals surface area contributed by atoms with E-state index in [1.807, 2.05) is 6.92 Å². The predicted octanol–water partition coefficient (Wildman–Crippen LogP) is 3.68. The minimum atomic E-state index is -0.990. The van der Waals surface area contributed by atoms with Gasteiger partial charge in [-0.2, -0.15) is 0 Å². The molecule has 9 nitrogen and oxygen atoms in total. The smallest absolute Gasteiger partial charge is 0.331 e. The number of fused-ring (bicyclic) bond motifs is 5. The lowest BCUT2D eigenvalue weighted by Crippen LogP contribution is -2.62. The van der Waals surface area contributed by atoms with Crippen molar-refractivity contribution in [2.75, 3.05) is 13.7 Å². The Morgan fingerprint density at radius 2 is 1.85 bits per heavy atom. The third-order valence-electron chi connectivity index (χ3n) is 12.5. The molecule has 0 radical (unpaired) electrons. The number of hydrogen-bond donors (Lipinski definition) is 2. The van der Waals surface area contributed by atoms with Crippen LogP contribution >= 0.6 is 0 Å². The monoisotopic (exact) mass is 576 g/mol. The second-order valence-corrected chi connectivity index (χ2v) is 14.3. The Labute approximate surface area is 243 Å². The van der Waals surface area contributed by atoms with Gasteiger partial charge in [-0.25, -0.2) is 4.79 Å². The van der Waals surface area contributed by atoms with E-state index in [2.05, 4.69) is 13.8 Å². The van der Waals surface area contributed by atoms with Gasteiger partial charge in [-0.05, 0) is 80.6 Å². The lowest BCUT2D eigenvalue weighted by molar-refractivity contribution is -0.273. The van der Waals surface area contributed by atoms with E-state index >= 15 is 0 Å². The number of esters is 2. The molecule has 6 rings (SSSR count). The Bertz CT molecular complexity index is 1080. The third-order valence-corrected chi connectivity index (χ3v) is 12.5. The highest BCUT2D eigenvalue weighted by atomic mass is 16.7. The number of aliphatic hydroxyl groups is 2. The quantitative estimate of drug-likeness (QED) is 0.373. The Kier molecular flexibility index (Phi) is 7.62. The zero-order chi connectivity index (χ0) is 29.3. The molecule has 230 valence electrons. The summed E-state index contributed by atoms with van der Waals surface area (Å²) in [5.41, 5.74) is -0.559. The maximum atomic E-state index is 12.7. The van der Waals surface area contributed by atoms with Gasteiger partial charge >= 0.3 is 11.9 Å². The number of rotatable bonds is 5. The number of methoxy groups -OCH3 is 1. The molecular formula is C32H48O9. The van der Waals surface area contributed by atoms with Crippen LogP contribution in [-0.4, -0.2) is 78.3 Å². The average molecular weight is 577 g/mol. The molecule has 5 fully saturated rings. The molecule has 41 heavy (non-hydrogen) atoms. The molecule has 0 aromatic rings. The Morgan fingerprint density at radius 1 is 1.07 bits per heavy atom. The second-order valence-electron chi connectivity index (χ2n) is 14.3. The molecule has 0 bridgehead atoms. The molecule has 9 heteroatoms. The highest BCUT2D eigenvalue weighted by Crippen LogP contribution is 2.70. The minimum absolute atomic E-state index is 0.0898. The Hall–Kier alpha value is -1.52. The molecule has 0 aromatic heterocycles. The van der Waals surface area contributed by atoms with E-state index in [-0.39, 0.29) is 60.4 Å². The van der Waals surface area contributed by atoms with E-state index in [1.54, 1.807) is 13.2 Å². The van der Waals surface area contributed by atoms with E-state index < -0.39 is 23.2 Å². The number of cyclic esters (lactones) is 1. The molecule has 2 aliphatic heterocycles. The molecule has 0 amide bonds. The van der Waals surface area contributed by atoms with Crippen LogP contribution < -0.4 is 0 Å². The van der Waals surface area contributed by atoms with Crippen molar-refractivity contribution in [1.29, 1.82) is 0 Å². The molecular weight excluding hydrogens is 528 g/mol. The highest BCUT2D eigenvalue weighted by molar-refractivity contribution is 5.85. The number of aliphatic hydroxyl groups excluding tert-OH is 1. The Morgan fingerprint density at radius 3 is 2.54 bits per heavy atom. The standard InChI is InChI=1S/C32H48O9/c1-17-29(35)24(37-5)14-27(39-17)41-21-8-10-30(3)20(13-21)6-7-23-22(30)9-11-31(4)28(19-12-26(34)38-16-19)25(40-18(2)33)15-32(23,31)36/h12,17,20-25,27-29,35-36H,6-11,13-16H2,1-5H3/t17-,20-,21+,22+,23-,24-,25+,27+,28+,29+,30+,31-,32+/m1/s1. The van der Waals surface area contributed by atoms with E-state index in [1.165, 1.54) is 6.92 Å². The molecule has 6 aliphatic rings. The fraction of sp³-hybridized carbons (Fsp3) is 0.875. The summed E-state index contributed by atoms with van der Waals surface area (Å²) in [5, 5.41) is 23.0. The maximum Gasteiger partial charge on any atom is 0.331 e. The van der Waals surface area contributed by atoms with Gasteiger partial charge < -0.3 is 33.9 Å². The van der Waals surface area contributed by atoms with Crippen LogP contribution in [0.25, 0.3) is 0 Å². The van der Waals surface area contributed by atoms with Crippen molar-refractivity contribution < 1.29 is 43.5 Å². The van der Waals surface area contributed by atoms with Gasteiger partial charge in [-0.1, -0.05) is 13.8 Å². The van der Waals surface area contributed by atoms with E-state index in [0.29, 0.717) is 24.7 Å². The van der Waals surface area contributed by atoms with E-state index in [4.69, 9.17) is 23.7 Å². The highest BCUT2D eigenvalue weighted by Gasteiger charge is 2.71. The van der Waals surface area contributed by atoms with E-state index in [0.717, 1.165) is 50.5 Å². The van der Waals surface area contributed by atoms with Gasteiger partial charge in [0, 0.05) is 44.3 Å². The molecule has 0 unspecified atom stereocenters. The summed E-state index contributed by atoms with van der Waals surface area (Å²) < 4.78 is 29.1. The van der Waals surface area contributed by atoms with Crippen molar-refractivity contribution in [3.8, 4) is 0 Å². The van der Waals surface area contributed by atoms with Gasteiger partial charge in [0.25, 0.3) is 0 Å². The van der Waals surface area contributed by atoms with Gasteiger partial charge in [-0.3, -0.25) is 4.79 Å². The first kappa shape index (κ1) is 29.5. The molecule has 4 aliphatic carbocycles. The largest absolute Gasteiger partial charge is 0.462 e. The minimum Gasteiger partial charge on any atom is -0.462 e. The van der Waals surface area contributed by atoms with E-state index in [9.17, 15) is 19.8 Å². The predicted molar refractivity (Wildman–Crippen MR) is 147 cm³/mol. The molecule has 2 heterocycles. The van der Waals surface area contributed by atoms with Crippen LogP contribution in [0.3, 0.4) is 0 Å². The van der Waals surface area contributed by atoms with Crippen LogP contribution in [0.1, 0.15) is 85.5 Å². The lowest BCUT2D eigenvalue weighted by atomic mass is 9.43. The van der Waals surface area contributed by atoms with Crippen LogP contribution in [0.2, 0.25) is 0 Å². The van der Waals surface area contributed by atoms with Gasteiger partial charge in [0.15, 0.2) is 6.29 Å². The molecule has 2 N–H and O–H groups in total. The second kappa shape index (κ2) is 10.6. The topological polar surface area (TPSA) is 121 Å². The van der Waals surface area contributed by atoms with Crippen LogP contribution in [0.4, 0.5) is 0 Å². The summed E-state index contributed by atoms with van der Waals surface area (Å²) in [7, 11) is 1.62. The first-order valence-corrected chi connectivity index (χ1v) is 15.7. The summed E-state index contributed by atoms with van der Waals surface area (Å²) in [5.74, 6) is 0.0175. The Balaban J connectivity index is 1.19. The summed E-state index contributed by atoms with van der Waals surface area (Å²) in [6.45, 7) is 8.06. The van der Waals surface area contributed by atoms with Gasteiger partial charge in [0.05, 0.1) is 23.9 Å². The fourth-order valence-corrected chi connectivity index (χ4v) is 10.4. The number of carbonyl (C=O) groups excluding carboxylic acids is 2. The van der Waals surface area contributed by atoms with Crippen LogP contribution in [0, 0.1) is 34.5 Å². The number of carbonyl (C=O) groups is 2. The van der Waals surface area contributed by atoms with Crippen molar-refractivity contribution in [3.63, 3.8) is 0 Å². The van der Waals surface area contributed by atoms with Crippen molar-refractivity contribution in [1.82, 2.24) is 0 Å². The zero-order valence-electron chi connectivity index (χ0n) is 25.2. The van der Waals surface area contributed by atoms with Crippen LogP contribution in [-0.2, 0) is 33.3 Å². The van der Waals surface area contributed by atoms with Gasteiger partial charge in [0.1, 0.15) is 18.8 Å². The van der Waals surface area contributed by atoms with Crippen LogP contribution in [0.5, 0.6) is 0 Å². The number of hydrogen-bond acceptors (Lipinski definition) is 9. The zero-order valence-corrected chi connectivity index (χ0v) is 25.2. The summed E-state index contributed by atoms with van der Waals surface area (Å²) >= 11 is 0. The average Bonchev–Trinajstić information content (AvgIpc) is 3.42. The first-order valence-electron chi connectivity index (χ1n) is 15.7. The SMILES string of the molecule is CO[C@@H]1C[C@H](O[C@H]2CC[C@@]3(C)[C@H](CC[C@@H]4[C@@H]3CC[C@]3(C)[C@@H](C5=CC(=O)OC5)[C@@H](OC(C)=O)C[C@]43O)C2)O[C@H](C)[C@@H]1O. The normalized spacial score (nSPS) is 51.2. The summed E-state index contributed by atoms with van der Waals surface area (Å²) in [6.07, 6.45) is 7.14. The molecule has 0 spiro atoms. The van der Waals surface area contributed by atoms with Gasteiger partial charge in [-0.15, -0.1) is 0 Å². The first-order chi connectivity index (χ1) is 19.4. The van der Waals surface area contributed by atoms with Crippen LogP contribution in [0.15, 0.2) is 11.6 Å². The van der Waals surface area contributed by atoms with Crippen molar-refractivity contribution in [2.45, 2.75) is 128 Å².